The van der Waals surface area contributed by atoms with E-state index in [1.165, 1.54) is 19.9 Å². The minimum absolute atomic E-state index is 0.167. The highest BCUT2D eigenvalue weighted by Gasteiger charge is 2.24. The van der Waals surface area contributed by atoms with E-state index in [4.69, 9.17) is 5.14 Å². The molecule has 18 heavy (non-hydrogen) atoms. The second kappa shape index (κ2) is 4.83. The summed E-state index contributed by atoms with van der Waals surface area (Å²) in [6, 6.07) is 3.26. The Morgan fingerprint density at radius 3 is 2.39 bits per heavy atom. The number of nitro groups is 1. The van der Waals surface area contributed by atoms with Crippen LogP contribution in [0.1, 0.15) is 25.3 Å². The van der Waals surface area contributed by atoms with Gasteiger partial charge in [-0.2, -0.15) is 0 Å². The van der Waals surface area contributed by atoms with E-state index in [1.807, 2.05) is 0 Å². The summed E-state index contributed by atoms with van der Waals surface area (Å²) in [6.07, 6.45) is 0. The molecule has 1 atom stereocenters. The molecule has 7 nitrogen and oxygen atoms in total. The van der Waals surface area contributed by atoms with E-state index in [2.05, 4.69) is 0 Å². The third-order valence-electron chi connectivity index (χ3n) is 2.60. The predicted octanol–water partition coefficient (Wildman–Crippen LogP) is 0.935. The Labute approximate surface area is 104 Å². The molecule has 0 spiro atoms. The van der Waals surface area contributed by atoms with Crippen molar-refractivity contribution in [1.29, 1.82) is 0 Å². The van der Waals surface area contributed by atoms with Crippen molar-refractivity contribution in [2.75, 3.05) is 0 Å². The smallest absolute Gasteiger partial charge is 0.274 e. The van der Waals surface area contributed by atoms with Crippen LogP contribution in [-0.4, -0.2) is 19.1 Å². The highest BCUT2D eigenvalue weighted by atomic mass is 32.2. The van der Waals surface area contributed by atoms with Gasteiger partial charge in [-0.25, -0.2) is 13.6 Å². The zero-order valence-corrected chi connectivity index (χ0v) is 10.6. The van der Waals surface area contributed by atoms with Crippen LogP contribution in [0.15, 0.2) is 23.1 Å². The maximum Gasteiger partial charge on any atom is 0.274 e. The van der Waals surface area contributed by atoms with Crippen LogP contribution in [0.2, 0.25) is 0 Å². The van der Waals surface area contributed by atoms with Gasteiger partial charge >= 0.3 is 0 Å². The van der Waals surface area contributed by atoms with Crippen molar-refractivity contribution in [1.82, 2.24) is 0 Å². The van der Waals surface area contributed by atoms with E-state index in [0.29, 0.717) is 0 Å². The molecule has 8 heteroatoms. The van der Waals surface area contributed by atoms with Crippen molar-refractivity contribution in [3.8, 4) is 0 Å². The van der Waals surface area contributed by atoms with E-state index >= 15 is 0 Å². The Kier molecular flexibility index (Phi) is 3.82. The number of hydrogen-bond acceptors (Lipinski definition) is 5. The second-order valence-corrected chi connectivity index (χ2v) is 5.42. The lowest BCUT2D eigenvalue weighted by molar-refractivity contribution is -0.385. The Bertz CT molecular complexity index is 609. The molecule has 0 bridgehead atoms. The molecule has 0 saturated carbocycles. The topological polar surface area (TPSA) is 120 Å². The number of rotatable bonds is 4. The van der Waals surface area contributed by atoms with Crippen molar-refractivity contribution in [3.05, 3.63) is 33.9 Å². The third kappa shape index (κ3) is 2.90. The van der Waals surface area contributed by atoms with Gasteiger partial charge in [-0.15, -0.1) is 0 Å². The number of nitro benzene ring substituents is 1. The van der Waals surface area contributed by atoms with E-state index in [9.17, 15) is 23.3 Å². The molecule has 0 aliphatic heterocycles. The van der Waals surface area contributed by atoms with Crippen LogP contribution in [0.5, 0.6) is 0 Å². The second-order valence-electron chi connectivity index (χ2n) is 3.86. The van der Waals surface area contributed by atoms with Crippen molar-refractivity contribution in [2.24, 2.45) is 5.14 Å². The molecule has 0 aromatic heterocycles. The van der Waals surface area contributed by atoms with Crippen LogP contribution in [0.25, 0.3) is 0 Å². The quantitative estimate of drug-likeness (QED) is 0.645. The normalized spacial score (nSPS) is 13.1. The summed E-state index contributed by atoms with van der Waals surface area (Å²) in [7, 11) is -4.01. The minimum Gasteiger partial charge on any atom is -0.299 e. The molecule has 1 aromatic rings. The lowest BCUT2D eigenvalue weighted by Crippen LogP contribution is -2.14. The first-order chi connectivity index (χ1) is 8.14. The van der Waals surface area contributed by atoms with E-state index in [1.54, 1.807) is 0 Å². The fourth-order valence-corrected chi connectivity index (χ4v) is 1.98. The monoisotopic (exact) mass is 272 g/mol. The highest BCUT2D eigenvalue weighted by molar-refractivity contribution is 7.89. The van der Waals surface area contributed by atoms with Gasteiger partial charge in [0, 0.05) is 17.5 Å². The number of Topliss-reactive ketones (excluding diaryl/α,β-unsaturated/α-hetero) is 1. The zero-order valence-electron chi connectivity index (χ0n) is 9.78. The third-order valence-corrected chi connectivity index (χ3v) is 3.51. The number of hydrogen-bond donors (Lipinski definition) is 1. The summed E-state index contributed by atoms with van der Waals surface area (Å²) in [5.41, 5.74) is -0.260. The largest absolute Gasteiger partial charge is 0.299 e. The molecule has 0 saturated heterocycles. The summed E-state index contributed by atoms with van der Waals surface area (Å²) in [5, 5.41) is 15.8. The van der Waals surface area contributed by atoms with Gasteiger partial charge in [0.2, 0.25) is 10.0 Å². The Hall–Kier alpha value is -1.80. The lowest BCUT2D eigenvalue weighted by Gasteiger charge is -2.09. The van der Waals surface area contributed by atoms with Crippen LogP contribution >= 0.6 is 0 Å². The Morgan fingerprint density at radius 1 is 1.44 bits per heavy atom. The molecule has 0 radical (unpaired) electrons. The molecule has 0 amide bonds. The Balaban J connectivity index is 3.48. The number of ketones is 1. The summed E-state index contributed by atoms with van der Waals surface area (Å²) in [5.74, 6) is -0.929. The number of carbonyl (C=O) groups excluding carboxylic acids is 1. The van der Waals surface area contributed by atoms with E-state index in [-0.39, 0.29) is 16.2 Å². The molecule has 0 aliphatic rings. The van der Waals surface area contributed by atoms with Gasteiger partial charge in [0.25, 0.3) is 5.69 Å². The van der Waals surface area contributed by atoms with Crippen molar-refractivity contribution in [3.63, 3.8) is 0 Å². The van der Waals surface area contributed by atoms with Gasteiger partial charge in [-0.3, -0.25) is 14.9 Å². The molecular formula is C10H12N2O5S. The van der Waals surface area contributed by atoms with Crippen LogP contribution in [0, 0.1) is 10.1 Å². The Morgan fingerprint density at radius 2 is 2.00 bits per heavy atom. The standard InChI is InChI=1S/C10H12N2O5S/c1-6(7(2)13)9-4-3-8(18(11,16)17)5-10(9)12(14)15/h3-6H,1-2H3,(H2,11,16,17). The first kappa shape index (κ1) is 14.3. The van der Waals surface area contributed by atoms with Crippen LogP contribution in [0.4, 0.5) is 5.69 Å². The van der Waals surface area contributed by atoms with Crippen molar-refractivity contribution in [2.45, 2.75) is 24.7 Å². The molecule has 2 N–H and O–H groups in total. The molecule has 0 fully saturated rings. The first-order valence-corrected chi connectivity index (χ1v) is 6.51. The SMILES string of the molecule is CC(=O)C(C)c1ccc(S(N)(=O)=O)cc1[N+](=O)[O-]. The van der Waals surface area contributed by atoms with Gasteiger partial charge in [-0.1, -0.05) is 13.0 Å². The van der Waals surface area contributed by atoms with Gasteiger partial charge in [0.05, 0.1) is 9.82 Å². The number of sulfonamides is 1. The summed E-state index contributed by atoms with van der Waals surface area (Å²) >= 11 is 0. The highest BCUT2D eigenvalue weighted by Crippen LogP contribution is 2.29. The van der Waals surface area contributed by atoms with Gasteiger partial charge in [0.1, 0.15) is 5.78 Å². The molecule has 98 valence electrons. The lowest BCUT2D eigenvalue weighted by atomic mass is 9.96. The van der Waals surface area contributed by atoms with Crippen LogP contribution in [-0.2, 0) is 14.8 Å². The number of carbonyl (C=O) groups is 1. The maximum atomic E-state index is 11.2. The van der Waals surface area contributed by atoms with Gasteiger partial charge < -0.3 is 0 Å². The average molecular weight is 272 g/mol. The molecule has 0 aliphatic carbocycles. The zero-order chi connectivity index (χ0) is 14.1. The number of primary sulfonamides is 1. The van der Waals surface area contributed by atoms with Gasteiger partial charge in [-0.05, 0) is 13.0 Å². The fourth-order valence-electron chi connectivity index (χ4n) is 1.44. The van der Waals surface area contributed by atoms with Crippen molar-refractivity contribution < 1.29 is 18.1 Å². The van der Waals surface area contributed by atoms with E-state index in [0.717, 1.165) is 12.1 Å². The molecular weight excluding hydrogens is 260 g/mol. The summed E-state index contributed by atoms with van der Waals surface area (Å²) in [4.78, 5) is 21.0. The fraction of sp³-hybridized carbons (Fsp3) is 0.300. The predicted molar refractivity (Wildman–Crippen MR) is 63.6 cm³/mol. The first-order valence-electron chi connectivity index (χ1n) is 4.96. The van der Waals surface area contributed by atoms with Gasteiger partial charge in [0.15, 0.2) is 0 Å². The average Bonchev–Trinajstić information content (AvgIpc) is 2.25. The molecule has 1 unspecified atom stereocenters. The molecule has 1 rings (SSSR count). The van der Waals surface area contributed by atoms with E-state index < -0.39 is 26.6 Å². The molecule has 1 aromatic carbocycles. The summed E-state index contributed by atoms with van der Waals surface area (Å²) in [6.45, 7) is 2.82. The number of nitrogens with zero attached hydrogens (tertiary/aromatic N) is 1. The minimum atomic E-state index is -4.01. The van der Waals surface area contributed by atoms with Crippen molar-refractivity contribution >= 4 is 21.5 Å². The summed E-state index contributed by atoms with van der Waals surface area (Å²) < 4.78 is 22.2. The number of nitrogens with two attached hydrogens (primary N) is 1. The maximum absolute atomic E-state index is 11.2. The number of benzene rings is 1. The molecule has 0 heterocycles. The van der Waals surface area contributed by atoms with Crippen LogP contribution in [0.3, 0.4) is 0 Å². The van der Waals surface area contributed by atoms with Crippen LogP contribution < -0.4 is 5.14 Å².